The predicted molar refractivity (Wildman–Crippen MR) is 78.0 cm³/mol. The molecule has 110 valence electrons. The molecule has 1 aliphatic rings. The molecule has 1 atom stereocenters. The van der Waals surface area contributed by atoms with E-state index in [2.05, 4.69) is 5.32 Å². The molecule has 1 aromatic rings. The lowest BCUT2D eigenvalue weighted by molar-refractivity contribution is -0.116. The second kappa shape index (κ2) is 6.01. The number of benzene rings is 1. The summed E-state index contributed by atoms with van der Waals surface area (Å²) < 4.78 is 27.8. The van der Waals surface area contributed by atoms with E-state index >= 15 is 0 Å². The van der Waals surface area contributed by atoms with Gasteiger partial charge in [0.1, 0.15) is 5.75 Å². The molecule has 7 heteroatoms. The van der Waals surface area contributed by atoms with Gasteiger partial charge in [-0.3, -0.25) is 4.79 Å². The Morgan fingerprint density at radius 3 is 2.85 bits per heavy atom. The van der Waals surface area contributed by atoms with E-state index in [1.807, 2.05) is 0 Å². The summed E-state index contributed by atoms with van der Waals surface area (Å²) in [5.74, 6) is 0.443. The first-order valence-electron chi connectivity index (χ1n) is 6.23. The molecular weight excluding hydrogens is 302 g/mol. The van der Waals surface area contributed by atoms with Crippen molar-refractivity contribution in [3.05, 3.63) is 23.2 Å². The number of hydrogen-bond donors (Lipinski definition) is 1. The van der Waals surface area contributed by atoms with Crippen molar-refractivity contribution < 1.29 is 17.9 Å². The number of carbonyl (C=O) groups excluding carboxylic acids is 1. The minimum atomic E-state index is -2.96. The molecule has 1 fully saturated rings. The van der Waals surface area contributed by atoms with Crippen LogP contribution in [0.4, 0.5) is 5.69 Å². The van der Waals surface area contributed by atoms with Crippen molar-refractivity contribution in [1.29, 1.82) is 0 Å². The highest BCUT2D eigenvalue weighted by molar-refractivity contribution is 7.91. The fourth-order valence-corrected chi connectivity index (χ4v) is 4.31. The second-order valence-electron chi connectivity index (χ2n) is 4.87. The fourth-order valence-electron chi connectivity index (χ4n) is 2.27. The smallest absolute Gasteiger partial charge is 0.224 e. The summed E-state index contributed by atoms with van der Waals surface area (Å²) >= 11 is 5.88. The number of ether oxygens (including phenoxy) is 1. The van der Waals surface area contributed by atoms with Crippen LogP contribution in [0.5, 0.6) is 5.75 Å². The molecule has 0 spiro atoms. The van der Waals surface area contributed by atoms with Crippen LogP contribution in [0.15, 0.2) is 18.2 Å². The molecule has 2 rings (SSSR count). The normalized spacial score (nSPS) is 20.6. The van der Waals surface area contributed by atoms with Crippen LogP contribution in [0.2, 0.25) is 5.02 Å². The quantitative estimate of drug-likeness (QED) is 0.923. The number of anilines is 1. The Bertz CT molecular complexity index is 615. The van der Waals surface area contributed by atoms with Gasteiger partial charge in [-0.2, -0.15) is 0 Å². The van der Waals surface area contributed by atoms with Crippen molar-refractivity contribution in [1.82, 2.24) is 0 Å². The summed E-state index contributed by atoms with van der Waals surface area (Å²) in [4.78, 5) is 12.0. The van der Waals surface area contributed by atoms with Gasteiger partial charge < -0.3 is 10.1 Å². The van der Waals surface area contributed by atoms with Gasteiger partial charge in [-0.15, -0.1) is 0 Å². The first kappa shape index (κ1) is 15.1. The number of sulfone groups is 1. The van der Waals surface area contributed by atoms with Crippen LogP contribution >= 0.6 is 11.6 Å². The molecule has 1 heterocycles. The summed E-state index contributed by atoms with van der Waals surface area (Å²) in [5.41, 5.74) is 0.492. The van der Waals surface area contributed by atoms with Gasteiger partial charge in [0.2, 0.25) is 5.91 Å². The lowest BCUT2D eigenvalue weighted by Gasteiger charge is -2.12. The van der Waals surface area contributed by atoms with Gasteiger partial charge in [-0.1, -0.05) is 11.6 Å². The van der Waals surface area contributed by atoms with E-state index < -0.39 is 9.84 Å². The van der Waals surface area contributed by atoms with Crippen molar-refractivity contribution in [3.8, 4) is 5.75 Å². The van der Waals surface area contributed by atoms with E-state index in [0.717, 1.165) is 0 Å². The Balaban J connectivity index is 2.00. The number of nitrogens with one attached hydrogen (secondary N) is 1. The van der Waals surface area contributed by atoms with Crippen LogP contribution in [-0.2, 0) is 14.6 Å². The molecule has 0 saturated carbocycles. The summed E-state index contributed by atoms with van der Waals surface area (Å²) in [6, 6.07) is 4.93. The highest BCUT2D eigenvalue weighted by atomic mass is 35.5. The van der Waals surface area contributed by atoms with Gasteiger partial charge in [0.15, 0.2) is 9.84 Å². The van der Waals surface area contributed by atoms with Crippen LogP contribution < -0.4 is 10.1 Å². The number of halogens is 1. The monoisotopic (exact) mass is 317 g/mol. The van der Waals surface area contributed by atoms with Crippen molar-refractivity contribution in [2.45, 2.75) is 12.8 Å². The third kappa shape index (κ3) is 3.86. The SMILES string of the molecule is COc1ccc(Cl)cc1NC(=O)CC1CCS(=O)(=O)C1. The van der Waals surface area contributed by atoms with E-state index in [4.69, 9.17) is 16.3 Å². The Labute approximate surface area is 123 Å². The van der Waals surface area contributed by atoms with Crippen molar-refractivity contribution >= 4 is 33.0 Å². The van der Waals surface area contributed by atoms with E-state index in [0.29, 0.717) is 22.9 Å². The average Bonchev–Trinajstić information content (AvgIpc) is 2.68. The molecular formula is C13H16ClNO4S. The zero-order valence-electron chi connectivity index (χ0n) is 11.1. The Kier molecular flexibility index (Phi) is 4.55. The summed E-state index contributed by atoms with van der Waals surface area (Å²) in [5, 5.41) is 3.20. The maximum atomic E-state index is 12.0. The first-order chi connectivity index (χ1) is 9.39. The van der Waals surface area contributed by atoms with Crippen molar-refractivity contribution in [3.63, 3.8) is 0 Å². The largest absolute Gasteiger partial charge is 0.495 e. The molecule has 0 bridgehead atoms. The summed E-state index contributed by atoms with van der Waals surface area (Å²) in [6.07, 6.45) is 0.733. The Morgan fingerprint density at radius 1 is 1.50 bits per heavy atom. The van der Waals surface area contributed by atoms with Gasteiger partial charge in [0, 0.05) is 11.4 Å². The van der Waals surface area contributed by atoms with Gasteiger partial charge in [0.05, 0.1) is 24.3 Å². The molecule has 0 radical (unpaired) electrons. The lowest BCUT2D eigenvalue weighted by Crippen LogP contribution is -2.17. The average molecular weight is 318 g/mol. The van der Waals surface area contributed by atoms with Gasteiger partial charge in [0.25, 0.3) is 0 Å². The number of carbonyl (C=O) groups is 1. The molecule has 1 amide bonds. The third-order valence-corrected chi connectivity index (χ3v) is 5.31. The molecule has 1 N–H and O–H groups in total. The van der Waals surface area contributed by atoms with Crippen LogP contribution in [0, 0.1) is 5.92 Å². The van der Waals surface area contributed by atoms with E-state index in [1.165, 1.54) is 7.11 Å². The minimum absolute atomic E-state index is 0.0904. The van der Waals surface area contributed by atoms with Crippen molar-refractivity contribution in [2.75, 3.05) is 23.9 Å². The maximum absolute atomic E-state index is 12.0. The summed E-state index contributed by atoms with van der Waals surface area (Å²) in [6.45, 7) is 0. The first-order valence-corrected chi connectivity index (χ1v) is 8.43. The van der Waals surface area contributed by atoms with E-state index in [-0.39, 0.29) is 29.8 Å². The number of hydrogen-bond acceptors (Lipinski definition) is 4. The molecule has 1 saturated heterocycles. The molecule has 1 aliphatic heterocycles. The highest BCUT2D eigenvalue weighted by Gasteiger charge is 2.29. The van der Waals surface area contributed by atoms with Crippen molar-refractivity contribution in [2.24, 2.45) is 5.92 Å². The highest BCUT2D eigenvalue weighted by Crippen LogP contribution is 2.28. The molecule has 1 unspecified atom stereocenters. The number of methoxy groups -OCH3 is 1. The maximum Gasteiger partial charge on any atom is 0.224 e. The molecule has 5 nitrogen and oxygen atoms in total. The molecule has 1 aromatic carbocycles. The predicted octanol–water partition coefficient (Wildman–Crippen LogP) is 2.11. The van der Waals surface area contributed by atoms with Gasteiger partial charge in [-0.05, 0) is 30.5 Å². The topological polar surface area (TPSA) is 72.5 Å². The number of rotatable bonds is 4. The van der Waals surface area contributed by atoms with E-state index in [9.17, 15) is 13.2 Å². The zero-order valence-corrected chi connectivity index (χ0v) is 12.6. The molecule has 0 aliphatic carbocycles. The standard InChI is InChI=1S/C13H16ClNO4S/c1-19-12-3-2-10(14)7-11(12)15-13(16)6-9-4-5-20(17,18)8-9/h2-3,7,9H,4-6,8H2,1H3,(H,15,16). The van der Waals surface area contributed by atoms with Crippen LogP contribution in [0.25, 0.3) is 0 Å². The minimum Gasteiger partial charge on any atom is -0.495 e. The van der Waals surface area contributed by atoms with Gasteiger partial charge >= 0.3 is 0 Å². The Morgan fingerprint density at radius 2 is 2.25 bits per heavy atom. The van der Waals surface area contributed by atoms with Crippen LogP contribution in [0.3, 0.4) is 0 Å². The number of amides is 1. The molecule has 0 aromatic heterocycles. The molecule has 20 heavy (non-hydrogen) atoms. The van der Waals surface area contributed by atoms with Crippen LogP contribution in [0.1, 0.15) is 12.8 Å². The fraction of sp³-hybridized carbons (Fsp3) is 0.462. The van der Waals surface area contributed by atoms with Gasteiger partial charge in [-0.25, -0.2) is 8.42 Å². The Hall–Kier alpha value is -1.27. The summed E-state index contributed by atoms with van der Waals surface area (Å²) in [7, 11) is -1.46. The lowest BCUT2D eigenvalue weighted by atomic mass is 10.0. The van der Waals surface area contributed by atoms with E-state index in [1.54, 1.807) is 18.2 Å². The zero-order chi connectivity index (χ0) is 14.8. The van der Waals surface area contributed by atoms with Crippen LogP contribution in [-0.4, -0.2) is 32.9 Å². The second-order valence-corrected chi connectivity index (χ2v) is 7.53. The third-order valence-electron chi connectivity index (χ3n) is 3.24.